The SMILES string of the molecule is CCC(CC)CN1CCc2nnc([C@@H](C)NC(=O)C3CCOCC3)n2CC1. The van der Waals surface area contributed by atoms with Crippen molar-refractivity contribution in [3.8, 4) is 0 Å². The van der Waals surface area contributed by atoms with Crippen LogP contribution in [0.5, 0.6) is 0 Å². The van der Waals surface area contributed by atoms with Gasteiger partial charge in [0.15, 0.2) is 5.82 Å². The van der Waals surface area contributed by atoms with Crippen molar-refractivity contribution in [2.75, 3.05) is 32.8 Å². The van der Waals surface area contributed by atoms with Crippen molar-refractivity contribution in [1.29, 1.82) is 0 Å². The number of carbonyl (C=O) groups is 1. The molecular weight excluding hydrogens is 342 g/mol. The highest BCUT2D eigenvalue weighted by Gasteiger charge is 2.26. The maximum Gasteiger partial charge on any atom is 0.223 e. The summed E-state index contributed by atoms with van der Waals surface area (Å²) in [4.78, 5) is 15.1. The Morgan fingerprint density at radius 2 is 1.93 bits per heavy atom. The third kappa shape index (κ3) is 5.08. The van der Waals surface area contributed by atoms with Crippen LogP contribution in [0.3, 0.4) is 0 Å². The third-order valence-electron chi connectivity index (χ3n) is 6.16. The summed E-state index contributed by atoms with van der Waals surface area (Å²) in [7, 11) is 0. The van der Waals surface area contributed by atoms with E-state index in [0.717, 1.165) is 63.0 Å². The molecule has 2 aliphatic rings. The number of carbonyl (C=O) groups excluding carboxylic acids is 1. The summed E-state index contributed by atoms with van der Waals surface area (Å²) in [6, 6.07) is -0.118. The van der Waals surface area contributed by atoms with Crippen LogP contribution in [-0.4, -0.2) is 58.4 Å². The molecule has 1 fully saturated rings. The van der Waals surface area contributed by atoms with Crippen molar-refractivity contribution in [2.24, 2.45) is 11.8 Å². The van der Waals surface area contributed by atoms with Crippen LogP contribution >= 0.6 is 0 Å². The number of fused-ring (bicyclic) bond motifs is 1. The molecular formula is C20H35N5O2. The summed E-state index contributed by atoms with van der Waals surface area (Å²) in [5.74, 6) is 2.88. The molecule has 27 heavy (non-hydrogen) atoms. The highest BCUT2D eigenvalue weighted by molar-refractivity contribution is 5.79. The number of nitrogens with one attached hydrogen (secondary N) is 1. The van der Waals surface area contributed by atoms with E-state index in [-0.39, 0.29) is 17.9 Å². The van der Waals surface area contributed by atoms with E-state index in [2.05, 4.69) is 38.8 Å². The molecule has 1 atom stereocenters. The van der Waals surface area contributed by atoms with Crippen LogP contribution in [0.1, 0.15) is 64.1 Å². The summed E-state index contributed by atoms with van der Waals surface area (Å²) in [5, 5.41) is 12.0. The maximum absolute atomic E-state index is 12.5. The normalized spacial score (nSPS) is 20.3. The molecule has 0 saturated carbocycles. The monoisotopic (exact) mass is 377 g/mol. The first kappa shape index (κ1) is 20.3. The summed E-state index contributed by atoms with van der Waals surface area (Å²) in [6.07, 6.45) is 5.01. The number of ether oxygens (including phenoxy) is 1. The molecule has 1 amide bonds. The fourth-order valence-electron chi connectivity index (χ4n) is 4.16. The van der Waals surface area contributed by atoms with Gasteiger partial charge in [-0.15, -0.1) is 10.2 Å². The summed E-state index contributed by atoms with van der Waals surface area (Å²) in [5.41, 5.74) is 0. The van der Waals surface area contributed by atoms with Crippen LogP contribution in [0.2, 0.25) is 0 Å². The number of rotatable bonds is 7. The molecule has 3 rings (SSSR count). The Kier molecular flexibility index (Phi) is 7.24. The van der Waals surface area contributed by atoms with E-state index in [1.54, 1.807) is 0 Å². The minimum Gasteiger partial charge on any atom is -0.381 e. The molecule has 0 aliphatic carbocycles. The molecule has 1 saturated heterocycles. The Bertz CT molecular complexity index is 608. The van der Waals surface area contributed by atoms with Crippen LogP contribution in [-0.2, 0) is 22.5 Å². The lowest BCUT2D eigenvalue weighted by atomic mass is 9.99. The molecule has 2 aliphatic heterocycles. The van der Waals surface area contributed by atoms with Gasteiger partial charge in [0.1, 0.15) is 5.82 Å². The first-order chi connectivity index (χ1) is 13.1. The van der Waals surface area contributed by atoms with Gasteiger partial charge in [-0.3, -0.25) is 4.79 Å². The fraction of sp³-hybridized carbons (Fsp3) is 0.850. The molecule has 0 unspecified atom stereocenters. The van der Waals surface area contributed by atoms with Crippen molar-refractivity contribution in [3.63, 3.8) is 0 Å². The molecule has 7 nitrogen and oxygen atoms in total. The number of hydrogen-bond donors (Lipinski definition) is 1. The lowest BCUT2D eigenvalue weighted by Gasteiger charge is -2.25. The molecule has 0 spiro atoms. The molecule has 1 aromatic heterocycles. The zero-order valence-corrected chi connectivity index (χ0v) is 17.1. The Morgan fingerprint density at radius 1 is 1.19 bits per heavy atom. The van der Waals surface area contributed by atoms with Gasteiger partial charge in [-0.25, -0.2) is 0 Å². The van der Waals surface area contributed by atoms with E-state index < -0.39 is 0 Å². The predicted molar refractivity (Wildman–Crippen MR) is 104 cm³/mol. The van der Waals surface area contributed by atoms with E-state index in [1.165, 1.54) is 12.8 Å². The Hall–Kier alpha value is -1.47. The van der Waals surface area contributed by atoms with Crippen molar-refractivity contribution >= 4 is 5.91 Å². The second-order valence-electron chi connectivity index (χ2n) is 7.98. The van der Waals surface area contributed by atoms with E-state index in [0.29, 0.717) is 13.2 Å². The van der Waals surface area contributed by atoms with Gasteiger partial charge < -0.3 is 19.5 Å². The number of hydrogen-bond acceptors (Lipinski definition) is 5. The van der Waals surface area contributed by atoms with Crippen LogP contribution in [0.25, 0.3) is 0 Å². The van der Waals surface area contributed by atoms with Gasteiger partial charge in [0, 0.05) is 51.7 Å². The van der Waals surface area contributed by atoms with Crippen LogP contribution < -0.4 is 5.32 Å². The Morgan fingerprint density at radius 3 is 2.63 bits per heavy atom. The minimum atomic E-state index is -0.118. The molecule has 0 aromatic carbocycles. The van der Waals surface area contributed by atoms with E-state index in [4.69, 9.17) is 4.74 Å². The van der Waals surface area contributed by atoms with Gasteiger partial charge in [-0.1, -0.05) is 26.7 Å². The number of nitrogens with zero attached hydrogens (tertiary/aromatic N) is 4. The first-order valence-electron chi connectivity index (χ1n) is 10.6. The largest absolute Gasteiger partial charge is 0.381 e. The lowest BCUT2D eigenvalue weighted by molar-refractivity contribution is -0.128. The Balaban J connectivity index is 1.60. The average Bonchev–Trinajstić information content (AvgIpc) is 3.01. The lowest BCUT2D eigenvalue weighted by Crippen LogP contribution is -2.37. The van der Waals surface area contributed by atoms with E-state index in [9.17, 15) is 4.79 Å². The summed E-state index contributed by atoms with van der Waals surface area (Å²) < 4.78 is 7.58. The quantitative estimate of drug-likeness (QED) is 0.788. The predicted octanol–water partition coefficient (Wildman–Crippen LogP) is 2.18. The molecule has 0 bridgehead atoms. The third-order valence-corrected chi connectivity index (χ3v) is 6.16. The summed E-state index contributed by atoms with van der Waals surface area (Å²) >= 11 is 0. The molecule has 1 aromatic rings. The zero-order chi connectivity index (χ0) is 19.2. The van der Waals surface area contributed by atoms with Crippen molar-refractivity contribution in [2.45, 2.75) is 65.5 Å². The first-order valence-corrected chi connectivity index (χ1v) is 10.6. The number of aromatic nitrogens is 3. The average molecular weight is 378 g/mol. The van der Waals surface area contributed by atoms with Crippen molar-refractivity contribution in [3.05, 3.63) is 11.6 Å². The second kappa shape index (κ2) is 9.64. The smallest absolute Gasteiger partial charge is 0.223 e. The van der Waals surface area contributed by atoms with Gasteiger partial charge >= 0.3 is 0 Å². The topological polar surface area (TPSA) is 72.3 Å². The molecule has 152 valence electrons. The molecule has 0 radical (unpaired) electrons. The van der Waals surface area contributed by atoms with Crippen molar-refractivity contribution in [1.82, 2.24) is 25.0 Å². The second-order valence-corrected chi connectivity index (χ2v) is 7.98. The van der Waals surface area contributed by atoms with Gasteiger partial charge in [0.2, 0.25) is 5.91 Å². The van der Waals surface area contributed by atoms with Gasteiger partial charge in [-0.2, -0.15) is 0 Å². The maximum atomic E-state index is 12.5. The molecule has 7 heteroatoms. The standard InChI is InChI=1S/C20H35N5O2/c1-4-16(5-2)14-24-9-6-18-22-23-19(25(18)11-10-24)15(3)21-20(26)17-7-12-27-13-8-17/h15-17H,4-14H2,1-3H3,(H,21,26)/t15-/m1/s1. The van der Waals surface area contributed by atoms with E-state index >= 15 is 0 Å². The fourth-order valence-corrected chi connectivity index (χ4v) is 4.16. The highest BCUT2D eigenvalue weighted by Crippen LogP contribution is 2.20. The van der Waals surface area contributed by atoms with Crippen molar-refractivity contribution < 1.29 is 9.53 Å². The van der Waals surface area contributed by atoms with Crippen LogP contribution in [0.15, 0.2) is 0 Å². The van der Waals surface area contributed by atoms with Gasteiger partial charge in [0.25, 0.3) is 0 Å². The number of amides is 1. The van der Waals surface area contributed by atoms with Gasteiger partial charge in [-0.05, 0) is 25.7 Å². The highest BCUT2D eigenvalue weighted by atomic mass is 16.5. The minimum absolute atomic E-state index is 0.0586. The van der Waals surface area contributed by atoms with Gasteiger partial charge in [0.05, 0.1) is 6.04 Å². The zero-order valence-electron chi connectivity index (χ0n) is 17.1. The Labute approximate surface area is 162 Å². The molecule has 3 heterocycles. The molecule has 1 N–H and O–H groups in total. The van der Waals surface area contributed by atoms with Crippen LogP contribution in [0, 0.1) is 11.8 Å². The van der Waals surface area contributed by atoms with Crippen LogP contribution in [0.4, 0.5) is 0 Å². The summed E-state index contributed by atoms with van der Waals surface area (Å²) in [6.45, 7) is 12.1. The van der Waals surface area contributed by atoms with E-state index in [1.807, 2.05) is 6.92 Å².